The largest absolute Gasteiger partial charge is 0.371 e. The molecule has 1 N–H and O–H groups in total. The molecule has 2 amide bonds. The molecule has 6 nitrogen and oxygen atoms in total. The summed E-state index contributed by atoms with van der Waals surface area (Å²) in [5, 5.41) is 3.06. The Labute approximate surface area is 174 Å². The van der Waals surface area contributed by atoms with E-state index >= 15 is 0 Å². The highest BCUT2D eigenvalue weighted by Gasteiger charge is 2.30. The summed E-state index contributed by atoms with van der Waals surface area (Å²) >= 11 is 0. The van der Waals surface area contributed by atoms with E-state index in [1.54, 1.807) is 0 Å². The van der Waals surface area contributed by atoms with Crippen LogP contribution in [0.3, 0.4) is 0 Å². The van der Waals surface area contributed by atoms with Crippen molar-refractivity contribution in [1.82, 2.24) is 9.80 Å². The van der Waals surface area contributed by atoms with Crippen molar-refractivity contribution in [2.45, 2.75) is 45.4 Å². The maximum Gasteiger partial charge on any atom is 0.256 e. The number of hydrogen-bond donors (Lipinski definition) is 1. The van der Waals surface area contributed by atoms with E-state index < -0.39 is 0 Å². The summed E-state index contributed by atoms with van der Waals surface area (Å²) in [4.78, 5) is 32.4. The van der Waals surface area contributed by atoms with Crippen LogP contribution in [0, 0.1) is 5.92 Å². The molecule has 6 heteroatoms. The molecule has 0 aromatic heterocycles. The summed E-state index contributed by atoms with van der Waals surface area (Å²) in [5.74, 6) is 0.412. The second-order valence-electron chi connectivity index (χ2n) is 8.62. The van der Waals surface area contributed by atoms with Crippen LogP contribution < -0.4 is 10.2 Å². The number of likely N-dealkylation sites (N-methyl/N-ethyl adjacent to an activating group) is 1. The fraction of sp³-hybridized carbons (Fsp3) is 0.652. The van der Waals surface area contributed by atoms with Crippen LogP contribution in [0.4, 0.5) is 11.4 Å². The predicted molar refractivity (Wildman–Crippen MR) is 116 cm³/mol. The lowest BCUT2D eigenvalue weighted by Crippen LogP contribution is -2.48. The quantitative estimate of drug-likeness (QED) is 0.828. The van der Waals surface area contributed by atoms with Crippen molar-refractivity contribution in [3.05, 3.63) is 23.8 Å². The number of piperazine rings is 1. The Morgan fingerprint density at radius 2 is 1.66 bits per heavy atom. The van der Waals surface area contributed by atoms with E-state index in [1.807, 2.05) is 23.1 Å². The highest BCUT2D eigenvalue weighted by atomic mass is 16.2. The summed E-state index contributed by atoms with van der Waals surface area (Å²) in [6.07, 6.45) is 6.78. The van der Waals surface area contributed by atoms with Crippen molar-refractivity contribution >= 4 is 23.2 Å². The minimum absolute atomic E-state index is 0.113. The number of amides is 2. The number of rotatable bonds is 5. The van der Waals surface area contributed by atoms with Gasteiger partial charge >= 0.3 is 0 Å². The average molecular weight is 399 g/mol. The summed E-state index contributed by atoms with van der Waals surface area (Å²) in [6.45, 7) is 8.61. The molecule has 3 aliphatic rings. The number of nitrogens with one attached hydrogen (secondary N) is 1. The van der Waals surface area contributed by atoms with Crippen molar-refractivity contribution in [1.29, 1.82) is 0 Å². The first-order valence-corrected chi connectivity index (χ1v) is 11.4. The van der Waals surface area contributed by atoms with Gasteiger partial charge in [0.15, 0.2) is 0 Å². The van der Waals surface area contributed by atoms with Crippen molar-refractivity contribution < 1.29 is 9.59 Å². The molecule has 1 aliphatic carbocycles. The smallest absolute Gasteiger partial charge is 0.256 e. The molecule has 3 fully saturated rings. The maximum absolute atomic E-state index is 13.4. The monoisotopic (exact) mass is 398 g/mol. The van der Waals surface area contributed by atoms with Gasteiger partial charge in [-0.15, -0.1) is 0 Å². The summed E-state index contributed by atoms with van der Waals surface area (Å²) in [7, 11) is 0. The maximum atomic E-state index is 13.4. The molecule has 1 saturated carbocycles. The Morgan fingerprint density at radius 1 is 0.966 bits per heavy atom. The number of carbonyl (C=O) groups excluding carboxylic acids is 2. The molecule has 1 aromatic rings. The lowest BCUT2D eigenvalue weighted by atomic mass is 10.1. The molecular weight excluding hydrogens is 364 g/mol. The first-order valence-electron chi connectivity index (χ1n) is 11.4. The van der Waals surface area contributed by atoms with E-state index in [9.17, 15) is 9.59 Å². The number of anilines is 2. The third-order valence-electron chi connectivity index (χ3n) is 6.50. The summed E-state index contributed by atoms with van der Waals surface area (Å²) in [6, 6.07) is 5.86. The van der Waals surface area contributed by atoms with E-state index in [-0.39, 0.29) is 17.7 Å². The third kappa shape index (κ3) is 4.92. The molecular formula is C23H34N4O2. The fourth-order valence-corrected chi connectivity index (χ4v) is 4.39. The Kier molecular flexibility index (Phi) is 6.38. The molecule has 2 saturated heterocycles. The van der Waals surface area contributed by atoms with E-state index in [2.05, 4.69) is 22.0 Å². The van der Waals surface area contributed by atoms with Gasteiger partial charge in [0.25, 0.3) is 5.91 Å². The van der Waals surface area contributed by atoms with E-state index in [4.69, 9.17) is 0 Å². The molecule has 2 heterocycles. The molecule has 2 aliphatic heterocycles. The standard InChI is InChI=1S/C23H34N4O2/c1-2-25-13-15-27(16-14-25)23(29)20-10-9-19(24-22(28)18-7-8-18)17-21(20)26-11-5-3-4-6-12-26/h9-10,17-18H,2-8,11-16H2,1H3,(H,24,28). The number of carbonyl (C=O) groups is 2. The molecule has 1 aromatic carbocycles. The number of nitrogens with zero attached hydrogens (tertiary/aromatic N) is 3. The Balaban J connectivity index is 1.57. The van der Waals surface area contributed by atoms with Crippen LogP contribution in [0.2, 0.25) is 0 Å². The van der Waals surface area contributed by atoms with Crippen molar-refractivity contribution in [2.24, 2.45) is 5.92 Å². The van der Waals surface area contributed by atoms with Gasteiger partial charge in [0.2, 0.25) is 5.91 Å². The number of benzene rings is 1. The first kappa shape index (κ1) is 20.2. The summed E-state index contributed by atoms with van der Waals surface area (Å²) < 4.78 is 0. The minimum Gasteiger partial charge on any atom is -0.371 e. The Hall–Kier alpha value is -2.08. The zero-order valence-corrected chi connectivity index (χ0v) is 17.7. The molecule has 0 atom stereocenters. The van der Waals surface area contributed by atoms with Gasteiger partial charge in [-0.1, -0.05) is 19.8 Å². The normalized spacial score (nSPS) is 21.0. The minimum atomic E-state index is 0.113. The highest BCUT2D eigenvalue weighted by molar-refractivity contribution is 6.02. The summed E-state index contributed by atoms with van der Waals surface area (Å²) in [5.41, 5.74) is 2.58. The molecule has 158 valence electrons. The van der Waals surface area contributed by atoms with E-state index in [0.717, 1.165) is 88.4 Å². The molecule has 0 unspecified atom stereocenters. The SMILES string of the molecule is CCN1CCN(C(=O)c2ccc(NC(=O)C3CC3)cc2N2CCCCCC2)CC1. The predicted octanol–water partition coefficient (Wildman–Crippen LogP) is 3.19. The van der Waals surface area contributed by atoms with Crippen LogP contribution in [0.25, 0.3) is 0 Å². The molecule has 0 spiro atoms. The lowest BCUT2D eigenvalue weighted by Gasteiger charge is -2.35. The molecule has 29 heavy (non-hydrogen) atoms. The van der Waals surface area contributed by atoms with E-state index in [0.29, 0.717) is 0 Å². The van der Waals surface area contributed by atoms with Gasteiger partial charge in [-0.05, 0) is 50.4 Å². The van der Waals surface area contributed by atoms with Crippen LogP contribution in [-0.4, -0.2) is 67.4 Å². The zero-order valence-electron chi connectivity index (χ0n) is 17.7. The molecule has 4 rings (SSSR count). The number of hydrogen-bond acceptors (Lipinski definition) is 4. The van der Waals surface area contributed by atoms with Gasteiger partial charge in [0.1, 0.15) is 0 Å². The van der Waals surface area contributed by atoms with Gasteiger partial charge in [-0.25, -0.2) is 0 Å². The van der Waals surface area contributed by atoms with Crippen LogP contribution >= 0.6 is 0 Å². The molecule has 0 bridgehead atoms. The van der Waals surface area contributed by atoms with Crippen LogP contribution in [0.1, 0.15) is 55.8 Å². The van der Waals surface area contributed by atoms with Crippen molar-refractivity contribution in [3.8, 4) is 0 Å². The van der Waals surface area contributed by atoms with E-state index in [1.165, 1.54) is 12.8 Å². The topological polar surface area (TPSA) is 55.9 Å². The van der Waals surface area contributed by atoms with Gasteiger partial charge in [-0.3, -0.25) is 9.59 Å². The zero-order chi connectivity index (χ0) is 20.2. The Bertz CT molecular complexity index is 730. The second kappa shape index (κ2) is 9.16. The van der Waals surface area contributed by atoms with Crippen molar-refractivity contribution in [3.63, 3.8) is 0 Å². The van der Waals surface area contributed by atoms with Crippen LogP contribution in [0.5, 0.6) is 0 Å². The van der Waals surface area contributed by atoms with Gasteiger partial charge in [0, 0.05) is 50.9 Å². The Morgan fingerprint density at radius 3 is 2.28 bits per heavy atom. The van der Waals surface area contributed by atoms with Crippen LogP contribution in [-0.2, 0) is 4.79 Å². The van der Waals surface area contributed by atoms with Gasteiger partial charge in [-0.2, -0.15) is 0 Å². The van der Waals surface area contributed by atoms with Gasteiger partial charge < -0.3 is 20.0 Å². The third-order valence-corrected chi connectivity index (χ3v) is 6.50. The first-order chi connectivity index (χ1) is 14.2. The average Bonchev–Trinajstić information content (AvgIpc) is 3.60. The highest BCUT2D eigenvalue weighted by Crippen LogP contribution is 2.32. The van der Waals surface area contributed by atoms with Crippen LogP contribution in [0.15, 0.2) is 18.2 Å². The van der Waals surface area contributed by atoms with Gasteiger partial charge in [0.05, 0.1) is 11.3 Å². The second-order valence-corrected chi connectivity index (χ2v) is 8.62. The lowest BCUT2D eigenvalue weighted by molar-refractivity contribution is -0.117. The van der Waals surface area contributed by atoms with Crippen molar-refractivity contribution in [2.75, 3.05) is 56.0 Å². The fourth-order valence-electron chi connectivity index (χ4n) is 4.39. The molecule has 0 radical (unpaired) electrons.